The summed E-state index contributed by atoms with van der Waals surface area (Å²) >= 11 is 0. The van der Waals surface area contributed by atoms with E-state index in [2.05, 4.69) is 34.6 Å². The standard InChI is InChI=1S/C37H70N2O/c1-26(2)12-10-13-27(3)31-16-17-32-35-33(19-21-37(31,32)5)36(4)20-18-29(24-30(36)25-34(35)40)28(15-11-23-39)14-8-6-7-9-22-38/h26-35,40H,6-25,38-39H2,1-5H3/t27-,28?,29+,30-,31-,32+,33+,34+,35+,36+,37-/m1/s1. The highest BCUT2D eigenvalue weighted by Gasteiger charge is 2.63. The molecular weight excluding hydrogens is 488 g/mol. The van der Waals surface area contributed by atoms with Crippen molar-refractivity contribution in [2.45, 2.75) is 156 Å². The van der Waals surface area contributed by atoms with Gasteiger partial charge in [0.1, 0.15) is 0 Å². The van der Waals surface area contributed by atoms with Crippen molar-refractivity contribution in [3.63, 3.8) is 0 Å². The lowest BCUT2D eigenvalue weighted by molar-refractivity contribution is -0.172. The van der Waals surface area contributed by atoms with E-state index in [0.717, 1.165) is 66.9 Å². The number of fused-ring (bicyclic) bond motifs is 5. The molecule has 4 rings (SSSR count). The zero-order valence-electron chi connectivity index (χ0n) is 27.5. The molecule has 0 aromatic rings. The number of nitrogens with two attached hydrogens (primary N) is 2. The van der Waals surface area contributed by atoms with E-state index in [1.807, 2.05) is 0 Å². The molecule has 40 heavy (non-hydrogen) atoms. The largest absolute Gasteiger partial charge is 0.393 e. The third-order valence-corrected chi connectivity index (χ3v) is 13.9. The zero-order chi connectivity index (χ0) is 28.9. The molecule has 0 spiro atoms. The number of aliphatic hydroxyl groups excluding tert-OH is 1. The van der Waals surface area contributed by atoms with Gasteiger partial charge in [0.05, 0.1) is 6.10 Å². The van der Waals surface area contributed by atoms with Crippen LogP contribution in [0.2, 0.25) is 0 Å². The second-order valence-corrected chi connectivity index (χ2v) is 16.5. The fraction of sp³-hybridized carbons (Fsp3) is 1.00. The summed E-state index contributed by atoms with van der Waals surface area (Å²) in [4.78, 5) is 0. The zero-order valence-corrected chi connectivity index (χ0v) is 27.5. The molecule has 0 heterocycles. The summed E-state index contributed by atoms with van der Waals surface area (Å²) in [7, 11) is 0. The minimum absolute atomic E-state index is 0.0693. The normalized spacial score (nSPS) is 40.9. The second-order valence-electron chi connectivity index (χ2n) is 16.5. The van der Waals surface area contributed by atoms with Crippen LogP contribution in [0.1, 0.15) is 150 Å². The molecule has 3 nitrogen and oxygen atoms in total. The summed E-state index contributed by atoms with van der Waals surface area (Å²) in [6.45, 7) is 14.3. The maximum absolute atomic E-state index is 11.9. The van der Waals surface area contributed by atoms with Crippen molar-refractivity contribution >= 4 is 0 Å². The number of unbranched alkanes of at least 4 members (excludes halogenated alkanes) is 3. The Bertz CT molecular complexity index is 754. The molecule has 1 unspecified atom stereocenters. The Morgan fingerprint density at radius 1 is 0.700 bits per heavy atom. The maximum atomic E-state index is 11.9. The molecule has 0 aromatic heterocycles. The molecule has 5 N–H and O–H groups in total. The van der Waals surface area contributed by atoms with Gasteiger partial charge in [-0.1, -0.05) is 79.6 Å². The fourth-order valence-corrected chi connectivity index (χ4v) is 11.6. The number of hydrogen-bond acceptors (Lipinski definition) is 3. The predicted molar refractivity (Wildman–Crippen MR) is 172 cm³/mol. The SMILES string of the molecule is CC(C)CCC[C@@H](C)[C@H]1CC[C@H]2[C@@H]3[C@@H](O)C[C@H]4C[C@@H](C(CCCN)CCCCCCN)CC[C@]4(C)[C@H]3CC[C@]12C. The minimum Gasteiger partial charge on any atom is -0.393 e. The third-order valence-electron chi connectivity index (χ3n) is 13.9. The highest BCUT2D eigenvalue weighted by molar-refractivity contribution is 5.12. The van der Waals surface area contributed by atoms with E-state index >= 15 is 0 Å². The van der Waals surface area contributed by atoms with Gasteiger partial charge in [0.15, 0.2) is 0 Å². The first kappa shape index (κ1) is 32.8. The molecule has 4 saturated carbocycles. The Kier molecular flexibility index (Phi) is 11.9. The van der Waals surface area contributed by atoms with E-state index in [-0.39, 0.29) is 6.10 Å². The molecule has 11 atom stereocenters. The predicted octanol–water partition coefficient (Wildman–Crippen LogP) is 8.96. The van der Waals surface area contributed by atoms with Crippen LogP contribution in [0.4, 0.5) is 0 Å². The molecule has 4 fully saturated rings. The molecule has 3 heteroatoms. The van der Waals surface area contributed by atoms with E-state index in [4.69, 9.17) is 11.5 Å². The monoisotopic (exact) mass is 559 g/mol. The highest BCUT2D eigenvalue weighted by Crippen LogP contribution is 2.69. The molecule has 0 radical (unpaired) electrons. The average molecular weight is 559 g/mol. The van der Waals surface area contributed by atoms with Crippen molar-refractivity contribution in [2.24, 2.45) is 75.6 Å². The lowest BCUT2D eigenvalue weighted by atomic mass is 9.43. The van der Waals surface area contributed by atoms with Crippen molar-refractivity contribution in [1.82, 2.24) is 0 Å². The molecule has 0 aromatic carbocycles. The van der Waals surface area contributed by atoms with Gasteiger partial charge in [0.2, 0.25) is 0 Å². The Morgan fingerprint density at radius 3 is 2.10 bits per heavy atom. The summed E-state index contributed by atoms with van der Waals surface area (Å²) in [6, 6.07) is 0. The Hall–Kier alpha value is -0.120. The fourth-order valence-electron chi connectivity index (χ4n) is 11.6. The van der Waals surface area contributed by atoms with Crippen molar-refractivity contribution in [3.05, 3.63) is 0 Å². The lowest BCUT2D eigenvalue weighted by Crippen LogP contribution is -2.58. The maximum Gasteiger partial charge on any atom is 0.0577 e. The van der Waals surface area contributed by atoms with Gasteiger partial charge in [0.25, 0.3) is 0 Å². The van der Waals surface area contributed by atoms with Crippen molar-refractivity contribution in [3.8, 4) is 0 Å². The Labute approximate surface area is 249 Å². The van der Waals surface area contributed by atoms with Crippen LogP contribution in [0.3, 0.4) is 0 Å². The van der Waals surface area contributed by atoms with Crippen LogP contribution in [-0.2, 0) is 0 Å². The van der Waals surface area contributed by atoms with Crippen LogP contribution in [-0.4, -0.2) is 24.3 Å². The van der Waals surface area contributed by atoms with Crippen molar-refractivity contribution < 1.29 is 5.11 Å². The molecule has 234 valence electrons. The summed E-state index contributed by atoms with van der Waals surface area (Å²) in [5.41, 5.74) is 12.6. The van der Waals surface area contributed by atoms with Crippen LogP contribution >= 0.6 is 0 Å². The van der Waals surface area contributed by atoms with Gasteiger partial charge in [-0.2, -0.15) is 0 Å². The van der Waals surface area contributed by atoms with Crippen molar-refractivity contribution in [1.29, 1.82) is 0 Å². The third kappa shape index (κ3) is 6.99. The van der Waals surface area contributed by atoms with Gasteiger partial charge < -0.3 is 16.6 Å². The van der Waals surface area contributed by atoms with Crippen LogP contribution in [0, 0.1) is 64.1 Å². The van der Waals surface area contributed by atoms with E-state index < -0.39 is 0 Å². The highest BCUT2D eigenvalue weighted by atomic mass is 16.3. The first-order valence-electron chi connectivity index (χ1n) is 18.2. The molecule has 0 aliphatic heterocycles. The van der Waals surface area contributed by atoms with E-state index in [1.54, 1.807) is 0 Å². The first-order chi connectivity index (χ1) is 19.2. The quantitative estimate of drug-likeness (QED) is 0.176. The van der Waals surface area contributed by atoms with Crippen LogP contribution < -0.4 is 11.5 Å². The van der Waals surface area contributed by atoms with Gasteiger partial charge >= 0.3 is 0 Å². The average Bonchev–Trinajstić information content (AvgIpc) is 3.27. The minimum atomic E-state index is -0.0693. The van der Waals surface area contributed by atoms with Crippen LogP contribution in [0.5, 0.6) is 0 Å². The first-order valence-corrected chi connectivity index (χ1v) is 18.2. The topological polar surface area (TPSA) is 72.3 Å². The van der Waals surface area contributed by atoms with Crippen LogP contribution in [0.25, 0.3) is 0 Å². The second kappa shape index (κ2) is 14.6. The summed E-state index contributed by atoms with van der Waals surface area (Å²) in [5.74, 6) is 6.99. The summed E-state index contributed by atoms with van der Waals surface area (Å²) < 4.78 is 0. The van der Waals surface area contributed by atoms with Gasteiger partial charge in [-0.15, -0.1) is 0 Å². The molecule has 0 amide bonds. The van der Waals surface area contributed by atoms with Crippen LogP contribution in [0.15, 0.2) is 0 Å². The van der Waals surface area contributed by atoms with E-state index in [0.29, 0.717) is 16.7 Å². The molecule has 0 bridgehead atoms. The number of hydrogen-bond donors (Lipinski definition) is 3. The van der Waals surface area contributed by atoms with Gasteiger partial charge in [-0.05, 0) is 148 Å². The smallest absolute Gasteiger partial charge is 0.0577 e. The molecule has 4 aliphatic rings. The number of aliphatic hydroxyl groups is 1. The number of rotatable bonds is 15. The Balaban J connectivity index is 1.41. The molecular formula is C37H70N2O. The van der Waals surface area contributed by atoms with E-state index in [9.17, 15) is 5.11 Å². The van der Waals surface area contributed by atoms with Gasteiger partial charge in [-0.3, -0.25) is 0 Å². The molecule has 4 aliphatic carbocycles. The van der Waals surface area contributed by atoms with Gasteiger partial charge in [0, 0.05) is 0 Å². The van der Waals surface area contributed by atoms with E-state index in [1.165, 1.54) is 109 Å². The van der Waals surface area contributed by atoms with Gasteiger partial charge in [-0.25, -0.2) is 0 Å². The summed E-state index contributed by atoms with van der Waals surface area (Å²) in [5, 5.41) is 11.9. The lowest BCUT2D eigenvalue weighted by Gasteiger charge is -2.63. The Morgan fingerprint density at radius 2 is 1.38 bits per heavy atom. The van der Waals surface area contributed by atoms with Crippen molar-refractivity contribution in [2.75, 3.05) is 13.1 Å². The summed E-state index contributed by atoms with van der Waals surface area (Å²) in [6.07, 6.45) is 24.0. The molecule has 0 saturated heterocycles.